The minimum Gasteiger partial charge on any atom is -0.509 e. The van der Waals surface area contributed by atoms with Crippen molar-refractivity contribution in [3.8, 4) is 0 Å². The van der Waals surface area contributed by atoms with Crippen molar-refractivity contribution in [2.45, 2.75) is 39.8 Å². The van der Waals surface area contributed by atoms with Crippen LogP contribution < -0.4 is 0 Å². The predicted octanol–water partition coefficient (Wildman–Crippen LogP) is 3.55. The van der Waals surface area contributed by atoms with Crippen molar-refractivity contribution < 1.29 is 28.2 Å². The molecule has 28 heavy (non-hydrogen) atoms. The lowest BCUT2D eigenvalue weighted by molar-refractivity contribution is -0.163. The summed E-state index contributed by atoms with van der Waals surface area (Å²) in [4.78, 5) is 25.4. The van der Waals surface area contributed by atoms with E-state index in [4.69, 9.17) is 4.74 Å². The van der Waals surface area contributed by atoms with Crippen LogP contribution in [0.15, 0.2) is 23.5 Å². The van der Waals surface area contributed by atoms with Gasteiger partial charge in [-0.15, -0.1) is 0 Å². The molecule has 0 saturated carbocycles. The summed E-state index contributed by atoms with van der Waals surface area (Å²) >= 11 is 1.67. The number of esters is 1. The molecule has 0 aromatic heterocycles. The second-order valence-electron chi connectivity index (χ2n) is 7.50. The van der Waals surface area contributed by atoms with Gasteiger partial charge in [0.15, 0.2) is 17.2 Å². The molecule has 1 N–H and O–H groups in total. The molecule has 2 rings (SSSR count). The molecule has 1 aromatic rings. The maximum absolute atomic E-state index is 14.3. The molecule has 0 saturated heterocycles. The molecule has 1 aliphatic heterocycles. The number of benzene rings is 1. The molecule has 0 unspecified atom stereocenters. The second-order valence-corrected chi connectivity index (χ2v) is 8.66. The lowest BCUT2D eigenvalue weighted by Crippen LogP contribution is -2.60. The van der Waals surface area contributed by atoms with E-state index in [2.05, 4.69) is 0 Å². The highest BCUT2D eigenvalue weighted by Crippen LogP contribution is 2.33. The molecule has 0 bridgehead atoms. The Morgan fingerprint density at radius 3 is 2.46 bits per heavy atom. The number of aliphatic hydroxyl groups is 1. The largest absolute Gasteiger partial charge is 0.509 e. The molecular formula is C19H23F2IN2O4. The fourth-order valence-electron chi connectivity index (χ4n) is 2.65. The van der Waals surface area contributed by atoms with Crippen LogP contribution >= 0.6 is 22.6 Å². The number of carbonyl (C=O) groups excluding carboxylic acids is 2. The first kappa shape index (κ1) is 22.5. The normalized spacial score (nSPS) is 17.5. The first-order valence-corrected chi connectivity index (χ1v) is 9.76. The highest BCUT2D eigenvalue weighted by atomic mass is 127. The minimum atomic E-state index is -1.14. The van der Waals surface area contributed by atoms with Crippen LogP contribution in [-0.4, -0.2) is 46.2 Å². The summed E-state index contributed by atoms with van der Waals surface area (Å²) in [7, 11) is 1.52. The fraction of sp³-hybridized carbons (Fsp3) is 0.474. The first-order valence-electron chi connectivity index (χ1n) is 8.68. The summed E-state index contributed by atoms with van der Waals surface area (Å²) in [6, 6.07) is 2.78. The van der Waals surface area contributed by atoms with Crippen LogP contribution in [0, 0.1) is 21.1 Å². The molecule has 6 nitrogen and oxygen atoms in total. The Kier molecular flexibility index (Phi) is 6.70. The van der Waals surface area contributed by atoms with Gasteiger partial charge in [-0.05, 0) is 48.4 Å². The van der Waals surface area contributed by atoms with Gasteiger partial charge in [0.1, 0.15) is 5.76 Å². The molecule has 1 aromatic carbocycles. The van der Waals surface area contributed by atoms with E-state index in [-0.39, 0.29) is 28.2 Å². The SMILES string of the molecule is CC(C)COC(=O)C1=C(O)C(C)(C)N(C)N(Cc2ccc(I)c(F)c2F)C1=O. The number of likely N-dealkylation sites (N-methyl/N-ethyl adjacent to an activating group) is 1. The van der Waals surface area contributed by atoms with Gasteiger partial charge < -0.3 is 9.84 Å². The zero-order valence-electron chi connectivity index (χ0n) is 16.3. The molecular weight excluding hydrogens is 485 g/mol. The average Bonchev–Trinajstić information content (AvgIpc) is 2.62. The summed E-state index contributed by atoms with van der Waals surface area (Å²) in [5.41, 5.74) is -1.70. The van der Waals surface area contributed by atoms with Gasteiger partial charge in [0.05, 0.1) is 22.3 Å². The lowest BCUT2D eigenvalue weighted by Gasteiger charge is -2.46. The summed E-state index contributed by atoms with van der Waals surface area (Å²) in [6.45, 7) is 6.64. The molecule has 1 amide bonds. The Hall–Kier alpha value is -1.75. The number of hydrogen-bond acceptors (Lipinski definition) is 5. The Balaban J connectivity index is 2.43. The highest BCUT2D eigenvalue weighted by Gasteiger charge is 2.46. The van der Waals surface area contributed by atoms with Gasteiger partial charge in [-0.2, -0.15) is 0 Å². The lowest BCUT2D eigenvalue weighted by atomic mass is 9.94. The van der Waals surface area contributed by atoms with Crippen LogP contribution in [0.5, 0.6) is 0 Å². The standard InChI is InChI=1S/C19H23F2IN2O4/c1-10(2)9-28-18(27)13-16(25)19(3,4)23(5)24(17(13)26)8-11-6-7-12(22)15(21)14(11)20/h6-7,10,25H,8-9H2,1-5H3. The third-order valence-corrected chi connectivity index (χ3v) is 5.46. The zero-order chi connectivity index (χ0) is 21.4. The van der Waals surface area contributed by atoms with Gasteiger partial charge in [-0.3, -0.25) is 9.80 Å². The van der Waals surface area contributed by atoms with Crippen LogP contribution in [0.2, 0.25) is 0 Å². The van der Waals surface area contributed by atoms with Crippen molar-refractivity contribution in [1.82, 2.24) is 10.0 Å². The van der Waals surface area contributed by atoms with Crippen molar-refractivity contribution in [3.63, 3.8) is 0 Å². The van der Waals surface area contributed by atoms with Crippen LogP contribution in [0.25, 0.3) is 0 Å². The molecule has 154 valence electrons. The van der Waals surface area contributed by atoms with E-state index in [9.17, 15) is 23.5 Å². The number of halogens is 3. The van der Waals surface area contributed by atoms with E-state index in [0.29, 0.717) is 0 Å². The molecule has 1 heterocycles. The van der Waals surface area contributed by atoms with Crippen molar-refractivity contribution in [1.29, 1.82) is 0 Å². The molecule has 0 atom stereocenters. The number of aliphatic hydroxyl groups excluding tert-OH is 1. The Bertz CT molecular complexity index is 839. The van der Waals surface area contributed by atoms with E-state index >= 15 is 0 Å². The van der Waals surface area contributed by atoms with Gasteiger partial charge in [0, 0.05) is 12.6 Å². The van der Waals surface area contributed by atoms with E-state index in [1.54, 1.807) is 36.4 Å². The van der Waals surface area contributed by atoms with E-state index in [1.807, 2.05) is 13.8 Å². The number of hydrogen-bond donors (Lipinski definition) is 1. The highest BCUT2D eigenvalue weighted by molar-refractivity contribution is 14.1. The predicted molar refractivity (Wildman–Crippen MR) is 107 cm³/mol. The maximum Gasteiger partial charge on any atom is 0.347 e. The zero-order valence-corrected chi connectivity index (χ0v) is 18.5. The van der Waals surface area contributed by atoms with Crippen molar-refractivity contribution in [3.05, 3.63) is 44.2 Å². The van der Waals surface area contributed by atoms with Crippen LogP contribution in [-0.2, 0) is 20.9 Å². The second kappa shape index (κ2) is 8.32. The number of carbonyl (C=O) groups is 2. The molecule has 0 fully saturated rings. The summed E-state index contributed by atoms with van der Waals surface area (Å²) in [5.74, 6) is -4.24. The van der Waals surface area contributed by atoms with E-state index < -0.39 is 40.4 Å². The van der Waals surface area contributed by atoms with Crippen LogP contribution in [0.4, 0.5) is 8.78 Å². The topological polar surface area (TPSA) is 70.1 Å². The summed E-state index contributed by atoms with van der Waals surface area (Å²) in [5, 5.41) is 13.0. The number of rotatable bonds is 5. The Morgan fingerprint density at radius 2 is 1.89 bits per heavy atom. The molecule has 0 radical (unpaired) electrons. The van der Waals surface area contributed by atoms with Crippen molar-refractivity contribution in [2.24, 2.45) is 5.92 Å². The molecule has 0 aliphatic carbocycles. The van der Waals surface area contributed by atoms with Gasteiger partial charge in [-0.25, -0.2) is 18.6 Å². The third-order valence-electron chi connectivity index (χ3n) is 4.62. The Morgan fingerprint density at radius 1 is 1.29 bits per heavy atom. The van der Waals surface area contributed by atoms with Gasteiger partial charge >= 0.3 is 5.97 Å². The number of ether oxygens (including phenoxy) is 1. The third kappa shape index (κ3) is 4.14. The quantitative estimate of drug-likeness (QED) is 0.285. The van der Waals surface area contributed by atoms with Gasteiger partial charge in [0.25, 0.3) is 5.91 Å². The number of hydrazine groups is 1. The van der Waals surface area contributed by atoms with Crippen molar-refractivity contribution >= 4 is 34.5 Å². The molecule has 1 aliphatic rings. The Labute approximate surface area is 176 Å². The van der Waals surface area contributed by atoms with E-state index in [0.717, 1.165) is 5.01 Å². The van der Waals surface area contributed by atoms with Gasteiger partial charge in [0.2, 0.25) is 0 Å². The maximum atomic E-state index is 14.3. The molecule has 0 spiro atoms. The van der Waals surface area contributed by atoms with Crippen LogP contribution in [0.1, 0.15) is 33.3 Å². The molecule has 9 heteroatoms. The average molecular weight is 508 g/mol. The number of nitrogens with zero attached hydrogens (tertiary/aromatic N) is 2. The summed E-state index contributed by atoms with van der Waals surface area (Å²) in [6.07, 6.45) is 0. The van der Waals surface area contributed by atoms with E-state index in [1.165, 1.54) is 24.2 Å². The first-order chi connectivity index (χ1) is 12.9. The number of amides is 1. The summed E-state index contributed by atoms with van der Waals surface area (Å²) < 4.78 is 33.5. The smallest absolute Gasteiger partial charge is 0.347 e. The fourth-order valence-corrected chi connectivity index (χ4v) is 3.07. The van der Waals surface area contributed by atoms with Gasteiger partial charge in [-0.1, -0.05) is 19.9 Å². The van der Waals surface area contributed by atoms with Crippen molar-refractivity contribution in [2.75, 3.05) is 13.7 Å². The minimum absolute atomic E-state index is 0.0426. The monoisotopic (exact) mass is 508 g/mol. The van der Waals surface area contributed by atoms with Crippen LogP contribution in [0.3, 0.4) is 0 Å².